The quantitative estimate of drug-likeness (QED) is 0.408. The van der Waals surface area contributed by atoms with Crippen LogP contribution in [0.1, 0.15) is 11.1 Å². The number of anilines is 1. The number of nitrogens with two attached hydrogens (primary N) is 1. The van der Waals surface area contributed by atoms with Gasteiger partial charge in [0.05, 0.1) is 11.0 Å². The number of hydrogen-bond donors (Lipinski definition) is 1. The van der Waals surface area contributed by atoms with Crippen molar-refractivity contribution in [1.29, 1.82) is 0 Å². The third kappa shape index (κ3) is 2.02. The highest BCUT2D eigenvalue weighted by atomic mass is 79.9. The first kappa shape index (κ1) is 9.15. The summed E-state index contributed by atoms with van der Waals surface area (Å²) in [6.45, 7) is 1.98. The molecule has 0 saturated heterocycles. The van der Waals surface area contributed by atoms with Crippen molar-refractivity contribution in [1.82, 2.24) is 0 Å². The minimum atomic E-state index is 0.681. The molecule has 1 nitrogen and oxygen atoms in total. The molecule has 0 aromatic heterocycles. The molecular formula is C10H10BrN. The van der Waals surface area contributed by atoms with Crippen LogP contribution in [0.2, 0.25) is 0 Å². The number of aryl methyl sites for hydroxylation is 1. The Balaban J connectivity index is 3.08. The maximum Gasteiger partial charge on any atom is 0.0649 e. The molecule has 0 unspecified atom stereocenters. The minimum absolute atomic E-state index is 0.681. The van der Waals surface area contributed by atoms with Crippen LogP contribution in [0.25, 0.3) is 0 Å². The Morgan fingerprint density at radius 3 is 2.92 bits per heavy atom. The van der Waals surface area contributed by atoms with Crippen LogP contribution >= 0.6 is 15.9 Å². The molecule has 2 N–H and O–H groups in total. The summed E-state index contributed by atoms with van der Waals surface area (Å²) in [6, 6.07) is 5.87. The second-order valence-corrected chi connectivity index (χ2v) is 3.03. The number of hydrogen-bond acceptors (Lipinski definition) is 1. The van der Waals surface area contributed by atoms with Gasteiger partial charge in [-0.1, -0.05) is 39.9 Å². The highest BCUT2D eigenvalue weighted by molar-refractivity contribution is 9.09. The lowest BCUT2D eigenvalue weighted by Crippen LogP contribution is -1.92. The summed E-state index contributed by atoms with van der Waals surface area (Å²) < 4.78 is 0. The molecule has 62 valence electrons. The van der Waals surface area contributed by atoms with Crippen LogP contribution in [0.3, 0.4) is 0 Å². The van der Waals surface area contributed by atoms with E-state index in [0.29, 0.717) is 5.33 Å². The van der Waals surface area contributed by atoms with E-state index in [9.17, 15) is 0 Å². The first-order chi connectivity index (χ1) is 5.75. The average Bonchev–Trinajstić information content (AvgIpc) is 2.08. The fraction of sp³-hybridized carbons (Fsp3) is 0.200. The molecule has 0 amide bonds. The van der Waals surface area contributed by atoms with Gasteiger partial charge >= 0.3 is 0 Å². The van der Waals surface area contributed by atoms with Gasteiger partial charge in [-0.3, -0.25) is 0 Å². The van der Waals surface area contributed by atoms with Crippen LogP contribution < -0.4 is 5.73 Å². The zero-order chi connectivity index (χ0) is 8.97. The van der Waals surface area contributed by atoms with E-state index in [0.717, 1.165) is 16.8 Å². The molecular weight excluding hydrogens is 214 g/mol. The third-order valence-electron chi connectivity index (χ3n) is 1.61. The summed E-state index contributed by atoms with van der Waals surface area (Å²) in [5, 5.41) is 0.681. The van der Waals surface area contributed by atoms with Crippen molar-refractivity contribution in [3.8, 4) is 11.8 Å². The Morgan fingerprint density at radius 2 is 2.25 bits per heavy atom. The predicted octanol–water partition coefficient (Wildman–Crippen LogP) is 2.32. The van der Waals surface area contributed by atoms with Gasteiger partial charge in [0.15, 0.2) is 0 Å². The van der Waals surface area contributed by atoms with E-state index in [1.165, 1.54) is 0 Å². The normalized spacial score (nSPS) is 8.83. The highest BCUT2D eigenvalue weighted by Gasteiger charge is 1.96. The number of alkyl halides is 1. The third-order valence-corrected chi connectivity index (χ3v) is 1.89. The molecule has 2 heteroatoms. The highest BCUT2D eigenvalue weighted by Crippen LogP contribution is 2.14. The lowest BCUT2D eigenvalue weighted by Gasteiger charge is -2.00. The van der Waals surface area contributed by atoms with Gasteiger partial charge in [0.2, 0.25) is 0 Å². The lowest BCUT2D eigenvalue weighted by molar-refractivity contribution is 1.45. The van der Waals surface area contributed by atoms with Gasteiger partial charge in [0.25, 0.3) is 0 Å². The van der Waals surface area contributed by atoms with E-state index in [4.69, 9.17) is 5.73 Å². The monoisotopic (exact) mass is 223 g/mol. The van der Waals surface area contributed by atoms with Crippen LogP contribution in [0.4, 0.5) is 5.69 Å². The van der Waals surface area contributed by atoms with Gasteiger partial charge < -0.3 is 5.73 Å². The second kappa shape index (κ2) is 4.18. The molecule has 0 atom stereocenters. The zero-order valence-electron chi connectivity index (χ0n) is 6.89. The SMILES string of the molecule is Cc1cccc(C#CCBr)c1N. The van der Waals surface area contributed by atoms with Crippen molar-refractivity contribution >= 4 is 21.6 Å². The van der Waals surface area contributed by atoms with E-state index in [2.05, 4.69) is 27.8 Å². The predicted molar refractivity (Wildman–Crippen MR) is 56.3 cm³/mol. The smallest absolute Gasteiger partial charge is 0.0649 e. The van der Waals surface area contributed by atoms with Gasteiger partial charge in [-0.05, 0) is 18.6 Å². The molecule has 0 bridgehead atoms. The van der Waals surface area contributed by atoms with Crippen molar-refractivity contribution in [2.24, 2.45) is 0 Å². The number of nitrogen functional groups attached to an aromatic ring is 1. The largest absolute Gasteiger partial charge is 0.398 e. The summed E-state index contributed by atoms with van der Waals surface area (Å²) in [5.41, 5.74) is 8.58. The van der Waals surface area contributed by atoms with Crippen molar-refractivity contribution in [2.45, 2.75) is 6.92 Å². The molecule has 1 aromatic rings. The van der Waals surface area contributed by atoms with Crippen molar-refractivity contribution in [2.75, 3.05) is 11.1 Å². The molecule has 0 fully saturated rings. The fourth-order valence-corrected chi connectivity index (χ4v) is 1.06. The standard InChI is InChI=1S/C10H10BrN/c1-8-4-2-5-9(10(8)12)6-3-7-11/h2,4-5H,7,12H2,1H3. The summed E-state index contributed by atoms with van der Waals surface area (Å²) in [6.07, 6.45) is 0. The van der Waals surface area contributed by atoms with Crippen molar-refractivity contribution < 1.29 is 0 Å². The van der Waals surface area contributed by atoms with E-state index >= 15 is 0 Å². The van der Waals surface area contributed by atoms with Gasteiger partial charge in [0.1, 0.15) is 0 Å². The second-order valence-electron chi connectivity index (χ2n) is 2.47. The van der Waals surface area contributed by atoms with Crippen LogP contribution in [0.5, 0.6) is 0 Å². The van der Waals surface area contributed by atoms with Gasteiger partial charge in [0, 0.05) is 5.56 Å². The van der Waals surface area contributed by atoms with Crippen molar-refractivity contribution in [3.63, 3.8) is 0 Å². The Kier molecular flexibility index (Phi) is 3.19. The Hall–Kier alpha value is -0.940. The van der Waals surface area contributed by atoms with Crippen molar-refractivity contribution in [3.05, 3.63) is 29.3 Å². The van der Waals surface area contributed by atoms with E-state index in [-0.39, 0.29) is 0 Å². The molecule has 0 aliphatic rings. The lowest BCUT2D eigenvalue weighted by atomic mass is 10.1. The molecule has 0 aliphatic heterocycles. The first-order valence-electron chi connectivity index (χ1n) is 3.65. The van der Waals surface area contributed by atoms with Crippen LogP contribution in [0.15, 0.2) is 18.2 Å². The molecule has 0 spiro atoms. The summed E-state index contributed by atoms with van der Waals surface area (Å²) >= 11 is 3.24. The minimum Gasteiger partial charge on any atom is -0.398 e. The summed E-state index contributed by atoms with van der Waals surface area (Å²) in [7, 11) is 0. The Morgan fingerprint density at radius 1 is 1.50 bits per heavy atom. The molecule has 1 rings (SSSR count). The summed E-state index contributed by atoms with van der Waals surface area (Å²) in [4.78, 5) is 0. The topological polar surface area (TPSA) is 26.0 Å². The molecule has 12 heavy (non-hydrogen) atoms. The van der Waals surface area contributed by atoms with E-state index < -0.39 is 0 Å². The Labute approximate surface area is 81.1 Å². The first-order valence-corrected chi connectivity index (χ1v) is 4.77. The number of rotatable bonds is 0. The zero-order valence-corrected chi connectivity index (χ0v) is 8.48. The summed E-state index contributed by atoms with van der Waals surface area (Å²) in [5.74, 6) is 5.90. The Bertz CT molecular complexity index is 333. The number of para-hydroxylation sites is 1. The average molecular weight is 224 g/mol. The molecule has 0 radical (unpaired) electrons. The molecule has 1 aromatic carbocycles. The number of benzene rings is 1. The van der Waals surface area contributed by atoms with E-state index in [1.54, 1.807) is 0 Å². The van der Waals surface area contributed by atoms with Gasteiger partial charge in [-0.2, -0.15) is 0 Å². The van der Waals surface area contributed by atoms with Crippen LogP contribution in [0, 0.1) is 18.8 Å². The van der Waals surface area contributed by atoms with Crippen LogP contribution in [-0.2, 0) is 0 Å². The maximum atomic E-state index is 5.81. The fourth-order valence-electron chi connectivity index (χ4n) is 0.918. The molecule has 0 heterocycles. The maximum absolute atomic E-state index is 5.81. The van der Waals surface area contributed by atoms with Crippen LogP contribution in [-0.4, -0.2) is 5.33 Å². The number of halogens is 1. The molecule has 0 saturated carbocycles. The van der Waals surface area contributed by atoms with E-state index in [1.807, 2.05) is 25.1 Å². The van der Waals surface area contributed by atoms with Gasteiger partial charge in [-0.15, -0.1) is 0 Å². The molecule has 0 aliphatic carbocycles. The van der Waals surface area contributed by atoms with Gasteiger partial charge in [-0.25, -0.2) is 0 Å².